The van der Waals surface area contributed by atoms with Gasteiger partial charge in [-0.2, -0.15) is 0 Å². The molecule has 0 saturated heterocycles. The van der Waals surface area contributed by atoms with Gasteiger partial charge < -0.3 is 14.8 Å². The molecule has 1 aliphatic heterocycles. The normalized spacial score (nSPS) is 19.6. The summed E-state index contributed by atoms with van der Waals surface area (Å²) in [5, 5.41) is 3.41. The smallest absolute Gasteiger partial charge is 0.337 e. The quantitative estimate of drug-likeness (QED) is 0.346. The molecule has 0 amide bonds. The van der Waals surface area contributed by atoms with E-state index in [-0.39, 0.29) is 23.2 Å². The average molecular weight is 596 g/mol. The van der Waals surface area contributed by atoms with E-state index in [9.17, 15) is 18.0 Å². The molecule has 3 aliphatic rings. The lowest BCUT2D eigenvalue weighted by Crippen LogP contribution is -2.36. The van der Waals surface area contributed by atoms with Gasteiger partial charge in [0.15, 0.2) is 15.6 Å². The molecule has 0 fully saturated rings. The number of ether oxygens (including phenoxy) is 2. The summed E-state index contributed by atoms with van der Waals surface area (Å²) in [5.74, 6) is -0.493. The lowest BCUT2D eigenvalue weighted by molar-refractivity contribution is -0.140. The molecular formula is C35H33NO6S. The Labute approximate surface area is 251 Å². The van der Waals surface area contributed by atoms with Gasteiger partial charge in [-0.3, -0.25) is 4.79 Å². The Bertz CT molecular complexity index is 1850. The Morgan fingerprint density at radius 1 is 1.00 bits per heavy atom. The monoisotopic (exact) mass is 595 g/mol. The van der Waals surface area contributed by atoms with Gasteiger partial charge in [-0.25, -0.2) is 13.2 Å². The van der Waals surface area contributed by atoms with Crippen LogP contribution in [0.3, 0.4) is 0 Å². The lowest BCUT2D eigenvalue weighted by atomic mass is 9.70. The van der Waals surface area contributed by atoms with E-state index in [4.69, 9.17) is 9.47 Å². The Morgan fingerprint density at radius 2 is 1.77 bits per heavy atom. The van der Waals surface area contributed by atoms with Crippen LogP contribution < -0.4 is 10.1 Å². The zero-order valence-corrected chi connectivity index (χ0v) is 25.2. The number of nitrogens with one attached hydrogen (secondary N) is 1. The first-order chi connectivity index (χ1) is 20.7. The van der Waals surface area contributed by atoms with Crippen LogP contribution in [0.5, 0.6) is 5.75 Å². The number of methoxy groups -OCH3 is 1. The fraction of sp³-hybridized carbons (Fsp3) is 0.257. The number of carbonyl (C=O) groups is 2. The molecule has 0 aromatic heterocycles. The molecule has 3 aromatic carbocycles. The first-order valence-electron chi connectivity index (χ1n) is 14.3. The van der Waals surface area contributed by atoms with Crippen molar-refractivity contribution in [2.24, 2.45) is 0 Å². The number of benzene rings is 3. The number of Topliss-reactive ketones (excluding diaryl/α,β-unsaturated/α-hetero) is 1. The van der Waals surface area contributed by atoms with Crippen LogP contribution >= 0.6 is 0 Å². The molecule has 7 nitrogen and oxygen atoms in total. The number of esters is 1. The van der Waals surface area contributed by atoms with Crippen LogP contribution in [-0.4, -0.2) is 33.5 Å². The molecule has 1 N–H and O–H groups in total. The topological polar surface area (TPSA) is 98.8 Å². The second-order valence-corrected chi connectivity index (χ2v) is 13.3. The summed E-state index contributed by atoms with van der Waals surface area (Å²) in [7, 11) is -1.78. The summed E-state index contributed by atoms with van der Waals surface area (Å²) in [5.41, 5.74) is 7.04. The lowest BCUT2D eigenvalue weighted by Gasteiger charge is -2.37. The number of hydrogen-bond donors (Lipinski definition) is 1. The maximum Gasteiger partial charge on any atom is 0.337 e. The van der Waals surface area contributed by atoms with Crippen LogP contribution in [0.15, 0.2) is 100 Å². The van der Waals surface area contributed by atoms with Gasteiger partial charge in [0.1, 0.15) is 12.4 Å². The summed E-state index contributed by atoms with van der Waals surface area (Å²) < 4.78 is 35.5. The number of hydrogen-bond acceptors (Lipinski definition) is 7. The fourth-order valence-corrected chi connectivity index (χ4v) is 7.20. The first kappa shape index (κ1) is 28.7. The number of ketones is 1. The van der Waals surface area contributed by atoms with Gasteiger partial charge >= 0.3 is 5.97 Å². The van der Waals surface area contributed by atoms with E-state index in [1.54, 1.807) is 19.2 Å². The molecule has 0 radical (unpaired) electrons. The number of carbonyl (C=O) groups excluding carboxylic acids is 2. The number of rotatable bonds is 7. The summed E-state index contributed by atoms with van der Waals surface area (Å²) in [4.78, 5) is 28.1. The van der Waals surface area contributed by atoms with Gasteiger partial charge in [0, 0.05) is 41.5 Å². The largest absolute Gasteiger partial charge is 0.496 e. The molecule has 1 heterocycles. The average Bonchev–Trinajstić information content (AvgIpc) is 3.48. The van der Waals surface area contributed by atoms with Crippen LogP contribution in [0.25, 0.3) is 6.08 Å². The van der Waals surface area contributed by atoms with E-state index in [0.29, 0.717) is 35.2 Å². The Balaban J connectivity index is 1.38. The Hall–Kier alpha value is -4.43. The molecule has 0 saturated carbocycles. The fourth-order valence-electron chi connectivity index (χ4n) is 6.51. The van der Waals surface area contributed by atoms with Crippen molar-refractivity contribution < 1.29 is 27.5 Å². The van der Waals surface area contributed by atoms with Crippen molar-refractivity contribution in [2.75, 3.05) is 13.4 Å². The third-order valence-electron chi connectivity index (χ3n) is 8.49. The highest BCUT2D eigenvalue weighted by Crippen LogP contribution is 2.48. The molecule has 3 aromatic rings. The van der Waals surface area contributed by atoms with E-state index in [1.807, 2.05) is 43.3 Å². The third-order valence-corrected chi connectivity index (χ3v) is 9.60. The third kappa shape index (κ3) is 5.43. The van der Waals surface area contributed by atoms with Crippen molar-refractivity contribution in [3.8, 4) is 5.75 Å². The maximum absolute atomic E-state index is 14.1. The molecule has 2 atom stereocenters. The first-order valence-corrected chi connectivity index (χ1v) is 16.2. The van der Waals surface area contributed by atoms with Crippen molar-refractivity contribution in [2.45, 2.75) is 49.5 Å². The summed E-state index contributed by atoms with van der Waals surface area (Å²) in [6.07, 6.45) is 6.98. The predicted octanol–water partition coefficient (Wildman–Crippen LogP) is 5.77. The second kappa shape index (κ2) is 11.3. The van der Waals surface area contributed by atoms with Crippen molar-refractivity contribution in [1.82, 2.24) is 5.32 Å². The van der Waals surface area contributed by atoms with Gasteiger partial charge in [-0.15, -0.1) is 0 Å². The van der Waals surface area contributed by atoms with Crippen molar-refractivity contribution in [1.29, 1.82) is 0 Å². The van der Waals surface area contributed by atoms with Gasteiger partial charge in [-0.05, 0) is 65.8 Å². The molecule has 43 heavy (non-hydrogen) atoms. The number of para-hydroxylation sites is 1. The van der Waals surface area contributed by atoms with Crippen LogP contribution in [0.2, 0.25) is 0 Å². The van der Waals surface area contributed by atoms with Gasteiger partial charge in [0.2, 0.25) is 0 Å². The van der Waals surface area contributed by atoms with Crippen LogP contribution in [0.4, 0.5) is 0 Å². The molecule has 1 unspecified atom stereocenters. The minimum Gasteiger partial charge on any atom is -0.496 e. The summed E-state index contributed by atoms with van der Waals surface area (Å²) in [6.45, 7) is 1.74. The summed E-state index contributed by atoms with van der Waals surface area (Å²) >= 11 is 0. The van der Waals surface area contributed by atoms with Gasteiger partial charge in [0.25, 0.3) is 0 Å². The highest BCUT2D eigenvalue weighted by Gasteiger charge is 2.42. The van der Waals surface area contributed by atoms with Crippen molar-refractivity contribution in [3.05, 3.63) is 123 Å². The second-order valence-electron chi connectivity index (χ2n) is 11.3. The molecule has 220 valence electrons. The molecule has 0 bridgehead atoms. The number of dihydropyridines is 1. The highest BCUT2D eigenvalue weighted by atomic mass is 32.2. The Kier molecular flexibility index (Phi) is 7.56. The predicted molar refractivity (Wildman–Crippen MR) is 164 cm³/mol. The number of sulfone groups is 1. The highest BCUT2D eigenvalue weighted by molar-refractivity contribution is 7.90. The van der Waals surface area contributed by atoms with Crippen LogP contribution in [0.1, 0.15) is 59.4 Å². The number of fused-ring (bicyclic) bond motifs is 1. The van der Waals surface area contributed by atoms with Crippen LogP contribution in [-0.2, 0) is 37.2 Å². The molecule has 8 heteroatoms. The maximum atomic E-state index is 14.1. The van der Waals surface area contributed by atoms with E-state index in [1.165, 1.54) is 12.1 Å². The zero-order valence-electron chi connectivity index (χ0n) is 24.3. The molecule has 6 rings (SSSR count). The molecule has 0 spiro atoms. The van der Waals surface area contributed by atoms with Crippen molar-refractivity contribution >= 4 is 27.7 Å². The zero-order chi connectivity index (χ0) is 30.3. The SMILES string of the molecule is COc1ccccc1[C@H]1CC(=O)C2=C(C1)NC(C)=C(C(=O)OCc1cccc(S(C)(=O)=O)c1)C2c1cccc2c1C=CC2. The number of allylic oxidation sites excluding steroid dienone is 4. The van der Waals surface area contributed by atoms with E-state index >= 15 is 0 Å². The summed E-state index contributed by atoms with van der Waals surface area (Å²) in [6, 6.07) is 20.2. The van der Waals surface area contributed by atoms with Crippen molar-refractivity contribution in [3.63, 3.8) is 0 Å². The minimum atomic E-state index is -3.41. The van der Waals surface area contributed by atoms with E-state index < -0.39 is 21.7 Å². The standard InChI is InChI=1S/C35H33NO6S/c1-21-32(35(38)42-20-22-9-6-12-25(17-22)43(3,39)40)33(28-15-8-11-23-10-7-14-26(23)28)34-29(36-21)18-24(19-30(34)37)27-13-4-5-16-31(27)41-2/h4-9,11-17,24,33,36H,10,18-20H2,1-3H3/t24-,33?/m1/s1. The van der Waals surface area contributed by atoms with E-state index in [0.717, 1.165) is 46.4 Å². The van der Waals surface area contributed by atoms with Crippen LogP contribution in [0, 0.1) is 0 Å². The molecular weight excluding hydrogens is 562 g/mol. The Morgan fingerprint density at radius 3 is 2.56 bits per heavy atom. The minimum absolute atomic E-state index is 0.0205. The van der Waals surface area contributed by atoms with Gasteiger partial charge in [-0.1, -0.05) is 60.7 Å². The molecule has 2 aliphatic carbocycles. The van der Waals surface area contributed by atoms with Gasteiger partial charge in [0.05, 0.1) is 17.6 Å². The van der Waals surface area contributed by atoms with E-state index in [2.05, 4.69) is 23.5 Å².